The van der Waals surface area contributed by atoms with Gasteiger partial charge in [0.1, 0.15) is 5.82 Å². The van der Waals surface area contributed by atoms with E-state index in [1.54, 1.807) is 28.0 Å². The van der Waals surface area contributed by atoms with Gasteiger partial charge in [0.25, 0.3) is 11.8 Å². The quantitative estimate of drug-likeness (QED) is 0.438. The highest BCUT2D eigenvalue weighted by molar-refractivity contribution is 8.02. The number of carbonyl (C=O) groups is 2. The normalized spacial score (nSPS) is 20.8. The zero-order valence-electron chi connectivity index (χ0n) is 19.1. The van der Waals surface area contributed by atoms with E-state index in [2.05, 4.69) is 0 Å². The number of fused-ring (bicyclic) bond motifs is 2. The summed E-state index contributed by atoms with van der Waals surface area (Å²) in [6.45, 7) is 6.76. The summed E-state index contributed by atoms with van der Waals surface area (Å²) in [5.41, 5.74) is 3.75. The van der Waals surface area contributed by atoms with Crippen molar-refractivity contribution < 1.29 is 14.0 Å². The first-order valence-electron chi connectivity index (χ1n) is 11.1. The topological polar surface area (TPSA) is 40.6 Å². The molecule has 2 heterocycles. The molecule has 34 heavy (non-hydrogen) atoms. The molecule has 0 radical (unpaired) electrons. The molecule has 3 aromatic rings. The summed E-state index contributed by atoms with van der Waals surface area (Å²) in [6.07, 6.45) is 0. The van der Waals surface area contributed by atoms with E-state index in [1.807, 2.05) is 51.1 Å². The molecule has 1 unspecified atom stereocenters. The maximum Gasteiger partial charge on any atom is 0.268 e. The van der Waals surface area contributed by atoms with Crippen LogP contribution in [-0.2, 0) is 16.2 Å². The Hall–Kier alpha value is -2.83. The summed E-state index contributed by atoms with van der Waals surface area (Å²) in [7, 11) is 0. The van der Waals surface area contributed by atoms with E-state index in [1.165, 1.54) is 30.0 Å². The molecule has 2 aliphatic heterocycles. The lowest BCUT2D eigenvalue weighted by Gasteiger charge is -2.33. The minimum absolute atomic E-state index is 0.187. The minimum atomic E-state index is -1.28. The summed E-state index contributed by atoms with van der Waals surface area (Å²) in [6, 6.07) is 18.9. The van der Waals surface area contributed by atoms with Crippen LogP contribution < -0.4 is 4.90 Å². The molecule has 0 aliphatic carbocycles. The molecule has 2 aliphatic rings. The molecule has 0 saturated carbocycles. The highest BCUT2D eigenvalue weighted by atomic mass is 35.5. The Bertz CT molecular complexity index is 1330. The first-order chi connectivity index (χ1) is 16.1. The molecule has 4 nitrogen and oxygen atoms in total. The Kier molecular flexibility index (Phi) is 5.49. The van der Waals surface area contributed by atoms with Crippen molar-refractivity contribution in [2.24, 2.45) is 0 Å². The fourth-order valence-electron chi connectivity index (χ4n) is 4.87. The maximum absolute atomic E-state index is 14.3. The van der Waals surface area contributed by atoms with Gasteiger partial charge in [-0.3, -0.25) is 9.59 Å². The van der Waals surface area contributed by atoms with E-state index in [-0.39, 0.29) is 17.4 Å². The SMILES string of the molecule is Cc1ccccc1CN1C(=O)C2(SC(C)(C)CN2C(=O)c2cccc(F)c2)c2cc(Cl)ccc21. The number of aryl methyl sites for hydroxylation is 1. The largest absolute Gasteiger partial charge is 0.310 e. The van der Waals surface area contributed by atoms with E-state index < -0.39 is 15.4 Å². The van der Waals surface area contributed by atoms with Gasteiger partial charge < -0.3 is 9.80 Å². The third kappa shape index (κ3) is 3.60. The molecular weight excluding hydrogens is 471 g/mol. The number of carbonyl (C=O) groups excluding carboxylic acids is 2. The van der Waals surface area contributed by atoms with E-state index in [0.717, 1.165) is 16.8 Å². The average molecular weight is 495 g/mol. The number of nitrogens with zero attached hydrogens (tertiary/aromatic N) is 2. The van der Waals surface area contributed by atoms with Crippen molar-refractivity contribution in [3.63, 3.8) is 0 Å². The Morgan fingerprint density at radius 3 is 2.59 bits per heavy atom. The van der Waals surface area contributed by atoms with Crippen LogP contribution in [0.3, 0.4) is 0 Å². The van der Waals surface area contributed by atoms with Crippen molar-refractivity contribution in [1.82, 2.24) is 4.90 Å². The standard InChI is InChI=1S/C27H24ClFN2O2S/c1-17-7-4-5-8-19(17)15-30-23-12-11-20(28)14-22(23)27(25(30)33)31(16-26(2,3)34-27)24(32)18-9-6-10-21(29)13-18/h4-14H,15-16H2,1-3H3. The van der Waals surface area contributed by atoms with Gasteiger partial charge in [0.15, 0.2) is 4.87 Å². The second-order valence-corrected chi connectivity index (χ2v) is 11.7. The van der Waals surface area contributed by atoms with Crippen LogP contribution >= 0.6 is 23.4 Å². The van der Waals surface area contributed by atoms with Crippen LogP contribution in [0.5, 0.6) is 0 Å². The first kappa shape index (κ1) is 22.9. The molecule has 0 aromatic heterocycles. The summed E-state index contributed by atoms with van der Waals surface area (Å²) in [4.78, 5) is 30.1. The monoisotopic (exact) mass is 494 g/mol. The molecule has 5 rings (SSSR count). The molecule has 174 valence electrons. The van der Waals surface area contributed by atoms with Gasteiger partial charge in [0, 0.05) is 27.4 Å². The smallest absolute Gasteiger partial charge is 0.268 e. The number of hydrogen-bond acceptors (Lipinski definition) is 3. The fraction of sp³-hybridized carbons (Fsp3) is 0.259. The lowest BCUT2D eigenvalue weighted by atomic mass is 10.0. The van der Waals surface area contributed by atoms with Crippen molar-refractivity contribution in [1.29, 1.82) is 0 Å². The number of rotatable bonds is 3. The van der Waals surface area contributed by atoms with Crippen LogP contribution in [0.15, 0.2) is 66.7 Å². The molecule has 3 aromatic carbocycles. The lowest BCUT2D eigenvalue weighted by Crippen LogP contribution is -2.50. The lowest BCUT2D eigenvalue weighted by molar-refractivity contribution is -0.123. The predicted octanol–water partition coefficient (Wildman–Crippen LogP) is 6.15. The zero-order chi connectivity index (χ0) is 24.3. The van der Waals surface area contributed by atoms with Crippen molar-refractivity contribution in [3.05, 3.63) is 99.8 Å². The highest BCUT2D eigenvalue weighted by Crippen LogP contribution is 2.60. The van der Waals surface area contributed by atoms with Gasteiger partial charge in [-0.05, 0) is 68.3 Å². The van der Waals surface area contributed by atoms with Crippen molar-refractivity contribution in [2.75, 3.05) is 11.4 Å². The Morgan fingerprint density at radius 1 is 1.09 bits per heavy atom. The second-order valence-electron chi connectivity index (χ2n) is 9.39. The number of amides is 2. The van der Waals surface area contributed by atoms with Gasteiger partial charge in [-0.25, -0.2) is 4.39 Å². The maximum atomic E-state index is 14.3. The van der Waals surface area contributed by atoms with Crippen LogP contribution in [0.1, 0.15) is 40.9 Å². The number of benzene rings is 3. The van der Waals surface area contributed by atoms with Crippen LogP contribution in [0, 0.1) is 12.7 Å². The van der Waals surface area contributed by atoms with Gasteiger partial charge in [0.05, 0.1) is 12.2 Å². The molecule has 1 atom stereocenters. The molecule has 1 spiro atoms. The van der Waals surface area contributed by atoms with Gasteiger partial charge in [-0.2, -0.15) is 0 Å². The van der Waals surface area contributed by atoms with Gasteiger partial charge in [0.2, 0.25) is 0 Å². The number of thioether (sulfide) groups is 1. The van der Waals surface area contributed by atoms with Gasteiger partial charge in [-0.1, -0.05) is 41.9 Å². The number of hydrogen-bond donors (Lipinski definition) is 0. The van der Waals surface area contributed by atoms with Crippen molar-refractivity contribution in [3.8, 4) is 0 Å². The van der Waals surface area contributed by atoms with E-state index >= 15 is 0 Å². The van der Waals surface area contributed by atoms with Crippen LogP contribution in [0.4, 0.5) is 10.1 Å². The number of halogens is 2. The van der Waals surface area contributed by atoms with Gasteiger partial charge >= 0.3 is 0 Å². The third-order valence-corrected chi connectivity index (χ3v) is 8.23. The zero-order valence-corrected chi connectivity index (χ0v) is 20.7. The molecule has 1 saturated heterocycles. The van der Waals surface area contributed by atoms with Crippen LogP contribution in [0.25, 0.3) is 0 Å². The molecule has 0 N–H and O–H groups in total. The Balaban J connectivity index is 1.67. The second kappa shape index (κ2) is 8.14. The molecule has 2 amide bonds. The fourth-order valence-corrected chi connectivity index (χ4v) is 6.76. The minimum Gasteiger partial charge on any atom is -0.310 e. The summed E-state index contributed by atoms with van der Waals surface area (Å²) >= 11 is 7.86. The van der Waals surface area contributed by atoms with E-state index in [9.17, 15) is 14.0 Å². The predicted molar refractivity (Wildman–Crippen MR) is 135 cm³/mol. The molecule has 7 heteroatoms. The molecule has 1 fully saturated rings. The van der Waals surface area contributed by atoms with Gasteiger partial charge in [-0.15, -0.1) is 11.8 Å². The van der Waals surface area contributed by atoms with E-state index in [4.69, 9.17) is 11.6 Å². The Morgan fingerprint density at radius 2 is 1.85 bits per heavy atom. The third-order valence-electron chi connectivity index (χ3n) is 6.40. The van der Waals surface area contributed by atoms with Crippen molar-refractivity contribution in [2.45, 2.75) is 36.9 Å². The van der Waals surface area contributed by atoms with Crippen LogP contribution in [-0.4, -0.2) is 28.0 Å². The van der Waals surface area contributed by atoms with Crippen LogP contribution in [0.2, 0.25) is 5.02 Å². The Labute approximate surface area is 207 Å². The summed E-state index contributed by atoms with van der Waals surface area (Å²) in [5, 5.41) is 0.493. The first-order valence-corrected chi connectivity index (χ1v) is 12.3. The summed E-state index contributed by atoms with van der Waals surface area (Å²) < 4.78 is 13.6. The number of anilines is 1. The molecule has 0 bridgehead atoms. The van der Waals surface area contributed by atoms with E-state index in [0.29, 0.717) is 23.7 Å². The average Bonchev–Trinajstić information content (AvgIpc) is 3.20. The van der Waals surface area contributed by atoms with Crippen molar-refractivity contribution >= 4 is 40.9 Å². The summed E-state index contributed by atoms with van der Waals surface area (Å²) in [5.74, 6) is -1.06. The highest BCUT2D eigenvalue weighted by Gasteiger charge is 2.63. The molecular formula is C27H24ClFN2O2S.